The van der Waals surface area contributed by atoms with Gasteiger partial charge in [0.25, 0.3) is 0 Å². The quantitative estimate of drug-likeness (QED) is 0.725. The lowest BCUT2D eigenvalue weighted by Crippen LogP contribution is -2.37. The van der Waals surface area contributed by atoms with Crippen LogP contribution in [0.4, 0.5) is 0 Å². The summed E-state index contributed by atoms with van der Waals surface area (Å²) in [7, 11) is 0. The number of thioether (sulfide) groups is 1. The van der Waals surface area contributed by atoms with Crippen molar-refractivity contribution in [1.82, 2.24) is 4.90 Å². The minimum atomic E-state index is -0.226. The smallest absolute Gasteiger partial charge is 0.248 e. The molecule has 1 fully saturated rings. The van der Waals surface area contributed by atoms with Crippen LogP contribution >= 0.6 is 11.8 Å². The number of hydrogen-bond acceptors (Lipinski definition) is 3. The highest BCUT2D eigenvalue weighted by Gasteiger charge is 2.18. The maximum atomic E-state index is 11.8. The van der Waals surface area contributed by atoms with Crippen molar-refractivity contribution in [1.29, 1.82) is 0 Å². The summed E-state index contributed by atoms with van der Waals surface area (Å²) in [6.07, 6.45) is 1.10. The summed E-state index contributed by atoms with van der Waals surface area (Å²) in [6, 6.07) is 0. The van der Waals surface area contributed by atoms with E-state index in [0.717, 1.165) is 25.3 Å². The molecule has 0 unspecified atom stereocenters. The van der Waals surface area contributed by atoms with Gasteiger partial charge in [-0.3, -0.25) is 4.79 Å². The molecule has 1 saturated heterocycles. The van der Waals surface area contributed by atoms with E-state index in [-0.39, 0.29) is 18.1 Å². The van der Waals surface area contributed by atoms with Gasteiger partial charge in [0.1, 0.15) is 6.61 Å². The molecule has 3 nitrogen and oxygen atoms in total. The van der Waals surface area contributed by atoms with Crippen molar-refractivity contribution in [2.75, 3.05) is 31.2 Å². The number of rotatable bonds is 2. The van der Waals surface area contributed by atoms with E-state index in [1.807, 2.05) is 37.4 Å². The van der Waals surface area contributed by atoms with E-state index in [9.17, 15) is 4.79 Å². The SMILES string of the molecule is CC(C)(C)OCC(=O)N1CCCSCC1. The molecular weight excluding hydrogens is 210 g/mol. The number of ether oxygens (including phenoxy) is 1. The molecule has 0 aromatic carbocycles. The van der Waals surface area contributed by atoms with Crippen LogP contribution in [0, 0.1) is 0 Å². The topological polar surface area (TPSA) is 29.5 Å². The summed E-state index contributed by atoms with van der Waals surface area (Å²) in [4.78, 5) is 13.7. The van der Waals surface area contributed by atoms with Crippen molar-refractivity contribution in [2.24, 2.45) is 0 Å². The second-order valence-corrected chi connectivity index (χ2v) is 5.97. The summed E-state index contributed by atoms with van der Waals surface area (Å²) in [5.74, 6) is 2.36. The summed E-state index contributed by atoms with van der Waals surface area (Å²) >= 11 is 1.93. The van der Waals surface area contributed by atoms with Gasteiger partial charge in [0.05, 0.1) is 5.60 Å². The molecule has 1 heterocycles. The van der Waals surface area contributed by atoms with Crippen LogP contribution in [0.5, 0.6) is 0 Å². The fraction of sp³-hybridized carbons (Fsp3) is 0.909. The Morgan fingerprint density at radius 1 is 1.33 bits per heavy atom. The fourth-order valence-electron chi connectivity index (χ4n) is 1.37. The highest BCUT2D eigenvalue weighted by atomic mass is 32.2. The van der Waals surface area contributed by atoms with Crippen LogP contribution in [0.1, 0.15) is 27.2 Å². The Kier molecular flexibility index (Phi) is 4.93. The average Bonchev–Trinajstić information content (AvgIpc) is 2.41. The largest absolute Gasteiger partial charge is 0.366 e. The average molecular weight is 231 g/mol. The molecule has 0 aromatic rings. The molecule has 0 saturated carbocycles. The minimum absolute atomic E-state index is 0.132. The van der Waals surface area contributed by atoms with E-state index in [4.69, 9.17) is 4.74 Å². The van der Waals surface area contributed by atoms with Gasteiger partial charge in [-0.15, -0.1) is 0 Å². The van der Waals surface area contributed by atoms with E-state index in [1.54, 1.807) is 0 Å². The van der Waals surface area contributed by atoms with Crippen LogP contribution in [-0.2, 0) is 9.53 Å². The second-order valence-electron chi connectivity index (χ2n) is 4.75. The lowest BCUT2D eigenvalue weighted by molar-refractivity contribution is -0.140. The Labute approximate surface area is 96.5 Å². The van der Waals surface area contributed by atoms with E-state index in [1.165, 1.54) is 5.75 Å². The monoisotopic (exact) mass is 231 g/mol. The van der Waals surface area contributed by atoms with Crippen molar-refractivity contribution in [2.45, 2.75) is 32.8 Å². The lowest BCUT2D eigenvalue weighted by Gasteiger charge is -2.24. The summed E-state index contributed by atoms with van der Waals surface area (Å²) < 4.78 is 5.49. The molecule has 1 aliphatic heterocycles. The van der Waals surface area contributed by atoms with Gasteiger partial charge in [0, 0.05) is 18.8 Å². The highest BCUT2D eigenvalue weighted by molar-refractivity contribution is 7.99. The third-order valence-corrected chi connectivity index (χ3v) is 3.25. The van der Waals surface area contributed by atoms with Crippen molar-refractivity contribution < 1.29 is 9.53 Å². The van der Waals surface area contributed by atoms with Gasteiger partial charge in [0.2, 0.25) is 5.91 Å². The van der Waals surface area contributed by atoms with Crippen molar-refractivity contribution in [3.8, 4) is 0 Å². The van der Waals surface area contributed by atoms with Gasteiger partial charge >= 0.3 is 0 Å². The van der Waals surface area contributed by atoms with Crippen LogP contribution in [0.15, 0.2) is 0 Å². The van der Waals surface area contributed by atoms with Gasteiger partial charge in [-0.1, -0.05) is 0 Å². The third kappa shape index (κ3) is 5.42. The predicted octanol–water partition coefficient (Wildman–Crippen LogP) is 1.77. The first kappa shape index (κ1) is 12.8. The Bertz CT molecular complexity index is 205. The van der Waals surface area contributed by atoms with Gasteiger partial charge in [-0.25, -0.2) is 0 Å². The zero-order valence-electron chi connectivity index (χ0n) is 9.91. The molecule has 0 spiro atoms. The Hall–Kier alpha value is -0.220. The Morgan fingerprint density at radius 3 is 2.73 bits per heavy atom. The first-order chi connectivity index (χ1) is 6.99. The van der Waals surface area contributed by atoms with Crippen molar-refractivity contribution in [3.63, 3.8) is 0 Å². The third-order valence-electron chi connectivity index (χ3n) is 2.20. The number of carbonyl (C=O) groups is 1. The Morgan fingerprint density at radius 2 is 2.07 bits per heavy atom. The van der Waals surface area contributed by atoms with Gasteiger partial charge in [0.15, 0.2) is 0 Å². The fourth-order valence-corrected chi connectivity index (χ4v) is 2.25. The first-order valence-electron chi connectivity index (χ1n) is 5.48. The van der Waals surface area contributed by atoms with Crippen molar-refractivity contribution >= 4 is 17.7 Å². The standard InChI is InChI=1S/C11H21NO2S/c1-11(2,3)14-9-10(13)12-5-4-7-15-8-6-12/h4-9H2,1-3H3. The molecule has 0 atom stereocenters. The molecule has 0 bridgehead atoms. The molecule has 0 radical (unpaired) electrons. The molecule has 88 valence electrons. The summed E-state index contributed by atoms with van der Waals surface area (Å²) in [5, 5.41) is 0. The van der Waals surface area contributed by atoms with Crippen LogP contribution < -0.4 is 0 Å². The number of amides is 1. The van der Waals surface area contributed by atoms with Gasteiger partial charge in [-0.2, -0.15) is 11.8 Å². The molecular formula is C11H21NO2S. The van der Waals surface area contributed by atoms with Crippen LogP contribution in [0.3, 0.4) is 0 Å². The molecule has 4 heteroatoms. The zero-order valence-corrected chi connectivity index (χ0v) is 10.7. The second kappa shape index (κ2) is 5.75. The number of carbonyl (C=O) groups excluding carboxylic acids is 1. The highest BCUT2D eigenvalue weighted by Crippen LogP contribution is 2.11. The van der Waals surface area contributed by atoms with Crippen LogP contribution in [0.25, 0.3) is 0 Å². The van der Waals surface area contributed by atoms with Gasteiger partial charge in [-0.05, 0) is 32.9 Å². The number of hydrogen-bond donors (Lipinski definition) is 0. The molecule has 1 amide bonds. The molecule has 1 aliphatic rings. The number of nitrogens with zero attached hydrogens (tertiary/aromatic N) is 1. The van der Waals surface area contributed by atoms with E-state index < -0.39 is 0 Å². The maximum absolute atomic E-state index is 11.8. The molecule has 0 N–H and O–H groups in total. The van der Waals surface area contributed by atoms with E-state index >= 15 is 0 Å². The summed E-state index contributed by atoms with van der Waals surface area (Å²) in [6.45, 7) is 7.89. The van der Waals surface area contributed by atoms with Crippen molar-refractivity contribution in [3.05, 3.63) is 0 Å². The predicted molar refractivity (Wildman–Crippen MR) is 64.2 cm³/mol. The van der Waals surface area contributed by atoms with Crippen LogP contribution in [0.2, 0.25) is 0 Å². The molecule has 15 heavy (non-hydrogen) atoms. The van der Waals surface area contributed by atoms with E-state index in [2.05, 4.69) is 0 Å². The van der Waals surface area contributed by atoms with Gasteiger partial charge < -0.3 is 9.64 Å². The Balaban J connectivity index is 2.32. The normalized spacial score (nSPS) is 18.7. The molecule has 0 aliphatic carbocycles. The maximum Gasteiger partial charge on any atom is 0.248 e. The lowest BCUT2D eigenvalue weighted by atomic mass is 10.2. The van der Waals surface area contributed by atoms with Crippen LogP contribution in [-0.4, -0.2) is 47.6 Å². The molecule has 1 rings (SSSR count). The minimum Gasteiger partial charge on any atom is -0.366 e. The first-order valence-corrected chi connectivity index (χ1v) is 6.64. The zero-order chi connectivity index (χ0) is 11.3. The summed E-state index contributed by atoms with van der Waals surface area (Å²) in [5.41, 5.74) is -0.226. The van der Waals surface area contributed by atoms with E-state index in [0.29, 0.717) is 0 Å². The molecule has 0 aromatic heterocycles.